The van der Waals surface area contributed by atoms with Crippen LogP contribution in [0.3, 0.4) is 0 Å². The average molecular weight is 371 g/mol. The fourth-order valence-corrected chi connectivity index (χ4v) is 2.64. The van der Waals surface area contributed by atoms with Gasteiger partial charge in [-0.2, -0.15) is 0 Å². The topological polar surface area (TPSA) is 58.6 Å². The van der Waals surface area contributed by atoms with Crippen molar-refractivity contribution < 1.29 is 14.6 Å². The third-order valence-corrected chi connectivity index (χ3v) is 3.75. The van der Waals surface area contributed by atoms with Gasteiger partial charge < -0.3 is 15.2 Å². The molecule has 0 fully saturated rings. The molecule has 0 amide bonds. The van der Waals surface area contributed by atoms with Crippen LogP contribution in [0.1, 0.15) is 11.6 Å². The van der Waals surface area contributed by atoms with Crippen LogP contribution in [0.4, 0.5) is 5.69 Å². The maximum atomic E-state index is 11.5. The summed E-state index contributed by atoms with van der Waals surface area (Å²) in [5.41, 5.74) is 1.25. The van der Waals surface area contributed by atoms with E-state index in [1.165, 1.54) is 0 Å². The molecule has 2 aromatic carbocycles. The number of hydrogen-bond acceptors (Lipinski definition) is 3. The minimum Gasteiger partial charge on any atom is -0.496 e. The van der Waals surface area contributed by atoms with Gasteiger partial charge in [0.2, 0.25) is 0 Å². The number of ether oxygens (including phenoxy) is 1. The van der Waals surface area contributed by atoms with E-state index in [4.69, 9.17) is 16.3 Å². The smallest absolute Gasteiger partial charge is 0.330 e. The second-order valence-electron chi connectivity index (χ2n) is 4.32. The quantitative estimate of drug-likeness (QED) is 0.821. The Kier molecular flexibility index (Phi) is 5.09. The first-order valence-corrected chi connectivity index (χ1v) is 7.26. The third-order valence-electron chi connectivity index (χ3n) is 2.89. The Hall–Kier alpha value is -1.72. The number of aliphatic carboxylic acids is 1. The lowest BCUT2D eigenvalue weighted by Gasteiger charge is -2.17. The summed E-state index contributed by atoms with van der Waals surface area (Å²) >= 11 is 9.26. The number of carbonyl (C=O) groups is 1. The first-order valence-electron chi connectivity index (χ1n) is 6.09. The molecule has 4 nitrogen and oxygen atoms in total. The molecule has 2 aromatic rings. The van der Waals surface area contributed by atoms with E-state index in [0.29, 0.717) is 26.5 Å². The fourth-order valence-electron chi connectivity index (χ4n) is 1.89. The first kappa shape index (κ1) is 15.7. The van der Waals surface area contributed by atoms with E-state index < -0.39 is 12.0 Å². The Morgan fingerprint density at radius 2 is 2.10 bits per heavy atom. The van der Waals surface area contributed by atoms with Crippen LogP contribution >= 0.6 is 27.5 Å². The average Bonchev–Trinajstić information content (AvgIpc) is 2.44. The van der Waals surface area contributed by atoms with E-state index in [2.05, 4.69) is 21.2 Å². The standard InChI is InChI=1S/C15H13BrClNO3/c1-21-13-6-5-9(7-12(13)16)14(15(19)20)18-11-4-2-3-10(17)8-11/h2-8,14,18H,1H3,(H,19,20). The highest BCUT2D eigenvalue weighted by atomic mass is 79.9. The molecule has 0 aliphatic rings. The van der Waals surface area contributed by atoms with Gasteiger partial charge in [-0.1, -0.05) is 23.7 Å². The lowest BCUT2D eigenvalue weighted by molar-refractivity contribution is -0.138. The molecule has 1 atom stereocenters. The van der Waals surface area contributed by atoms with Crippen molar-refractivity contribution in [3.05, 3.63) is 57.5 Å². The number of hydrogen-bond donors (Lipinski definition) is 2. The van der Waals surface area contributed by atoms with E-state index >= 15 is 0 Å². The van der Waals surface area contributed by atoms with Gasteiger partial charge in [-0.05, 0) is 51.8 Å². The van der Waals surface area contributed by atoms with E-state index in [9.17, 15) is 9.90 Å². The van der Waals surface area contributed by atoms with Crippen molar-refractivity contribution in [1.82, 2.24) is 0 Å². The maximum absolute atomic E-state index is 11.5. The van der Waals surface area contributed by atoms with Crippen LogP contribution in [0.5, 0.6) is 5.75 Å². The van der Waals surface area contributed by atoms with Crippen LogP contribution in [0.2, 0.25) is 5.02 Å². The number of benzene rings is 2. The van der Waals surface area contributed by atoms with Crippen molar-refractivity contribution in [1.29, 1.82) is 0 Å². The molecule has 0 aromatic heterocycles. The Labute approximate surface area is 135 Å². The summed E-state index contributed by atoms with van der Waals surface area (Å²) in [4.78, 5) is 11.5. The highest BCUT2D eigenvalue weighted by Gasteiger charge is 2.20. The second kappa shape index (κ2) is 6.83. The molecule has 6 heteroatoms. The Bertz CT molecular complexity index is 663. The summed E-state index contributed by atoms with van der Waals surface area (Å²) in [6.45, 7) is 0. The monoisotopic (exact) mass is 369 g/mol. The van der Waals surface area contributed by atoms with Crippen LogP contribution in [-0.4, -0.2) is 18.2 Å². The molecule has 21 heavy (non-hydrogen) atoms. The minimum absolute atomic E-state index is 0.542. The summed E-state index contributed by atoms with van der Waals surface area (Å²) in [5.74, 6) is -0.335. The van der Waals surface area contributed by atoms with E-state index in [1.807, 2.05) is 0 Å². The number of carboxylic acid groups (broad SMARTS) is 1. The van der Waals surface area contributed by atoms with Crippen LogP contribution in [-0.2, 0) is 4.79 Å². The summed E-state index contributed by atoms with van der Waals surface area (Å²) in [5, 5.41) is 12.9. The SMILES string of the molecule is COc1ccc(C(Nc2cccc(Cl)c2)C(=O)O)cc1Br. The summed E-state index contributed by atoms with van der Waals surface area (Å²) in [6, 6.07) is 11.2. The molecular weight excluding hydrogens is 358 g/mol. The van der Waals surface area contributed by atoms with E-state index in [1.54, 1.807) is 49.6 Å². The fraction of sp³-hybridized carbons (Fsp3) is 0.133. The van der Waals surface area contributed by atoms with Crippen LogP contribution in [0.25, 0.3) is 0 Å². The Morgan fingerprint density at radius 1 is 1.33 bits per heavy atom. The number of halogens is 2. The van der Waals surface area contributed by atoms with Gasteiger partial charge in [-0.25, -0.2) is 4.79 Å². The zero-order valence-electron chi connectivity index (χ0n) is 11.1. The van der Waals surface area contributed by atoms with Gasteiger partial charge in [0.1, 0.15) is 5.75 Å². The van der Waals surface area contributed by atoms with Crippen molar-refractivity contribution in [3.63, 3.8) is 0 Å². The number of methoxy groups -OCH3 is 1. The minimum atomic E-state index is -0.980. The highest BCUT2D eigenvalue weighted by Crippen LogP contribution is 2.30. The molecule has 110 valence electrons. The van der Waals surface area contributed by atoms with Gasteiger partial charge in [-0.3, -0.25) is 0 Å². The van der Waals surface area contributed by atoms with Gasteiger partial charge in [0.05, 0.1) is 11.6 Å². The zero-order chi connectivity index (χ0) is 15.4. The predicted octanol–water partition coefficient (Wildman–Crippen LogP) is 4.35. The van der Waals surface area contributed by atoms with Gasteiger partial charge in [0.25, 0.3) is 0 Å². The maximum Gasteiger partial charge on any atom is 0.330 e. The lowest BCUT2D eigenvalue weighted by Crippen LogP contribution is -2.20. The molecule has 2 N–H and O–H groups in total. The van der Waals surface area contributed by atoms with Crippen molar-refractivity contribution in [2.75, 3.05) is 12.4 Å². The Balaban J connectivity index is 2.31. The summed E-state index contributed by atoms with van der Waals surface area (Å²) in [6.07, 6.45) is 0. The molecule has 1 unspecified atom stereocenters. The molecule has 0 aliphatic carbocycles. The van der Waals surface area contributed by atoms with Gasteiger partial charge >= 0.3 is 5.97 Å². The number of nitrogens with one attached hydrogen (secondary N) is 1. The molecular formula is C15H13BrClNO3. The largest absolute Gasteiger partial charge is 0.496 e. The summed E-state index contributed by atoms with van der Waals surface area (Å²) in [7, 11) is 1.55. The van der Waals surface area contributed by atoms with E-state index in [0.717, 1.165) is 0 Å². The third kappa shape index (κ3) is 3.89. The highest BCUT2D eigenvalue weighted by molar-refractivity contribution is 9.10. The van der Waals surface area contributed by atoms with Crippen molar-refractivity contribution >= 4 is 39.2 Å². The zero-order valence-corrected chi connectivity index (χ0v) is 13.5. The molecule has 0 saturated heterocycles. The lowest BCUT2D eigenvalue weighted by atomic mass is 10.1. The van der Waals surface area contributed by atoms with Crippen LogP contribution < -0.4 is 10.1 Å². The van der Waals surface area contributed by atoms with Gasteiger partial charge in [-0.15, -0.1) is 0 Å². The van der Waals surface area contributed by atoms with Crippen molar-refractivity contribution in [2.24, 2.45) is 0 Å². The molecule has 2 rings (SSSR count). The Morgan fingerprint density at radius 3 is 2.67 bits per heavy atom. The first-order chi connectivity index (χ1) is 10.0. The predicted molar refractivity (Wildman–Crippen MR) is 86.1 cm³/mol. The molecule has 0 radical (unpaired) electrons. The molecule has 0 aliphatic heterocycles. The van der Waals surface area contributed by atoms with Gasteiger partial charge in [0, 0.05) is 10.7 Å². The number of carboxylic acids is 1. The second-order valence-corrected chi connectivity index (χ2v) is 5.61. The van der Waals surface area contributed by atoms with Crippen LogP contribution in [0.15, 0.2) is 46.9 Å². The van der Waals surface area contributed by atoms with Crippen molar-refractivity contribution in [3.8, 4) is 5.75 Å². The summed E-state index contributed by atoms with van der Waals surface area (Å²) < 4.78 is 5.84. The normalized spacial score (nSPS) is 11.8. The molecule has 0 saturated carbocycles. The van der Waals surface area contributed by atoms with Crippen LogP contribution in [0, 0.1) is 0 Å². The molecule has 0 spiro atoms. The van der Waals surface area contributed by atoms with Crippen molar-refractivity contribution in [2.45, 2.75) is 6.04 Å². The molecule has 0 bridgehead atoms. The number of rotatable bonds is 5. The molecule has 0 heterocycles. The van der Waals surface area contributed by atoms with E-state index in [-0.39, 0.29) is 0 Å². The number of anilines is 1. The van der Waals surface area contributed by atoms with Gasteiger partial charge in [0.15, 0.2) is 6.04 Å².